The minimum Gasteiger partial charge on any atom is -0.388 e. The van der Waals surface area contributed by atoms with E-state index in [1.165, 1.54) is 13.2 Å². The molecule has 0 spiro atoms. The summed E-state index contributed by atoms with van der Waals surface area (Å²) in [6.07, 6.45) is 2.70. The molecule has 0 saturated carbocycles. The van der Waals surface area contributed by atoms with E-state index in [1.807, 2.05) is 0 Å². The van der Waals surface area contributed by atoms with Crippen LogP contribution in [0.25, 0.3) is 0 Å². The van der Waals surface area contributed by atoms with Gasteiger partial charge in [0.05, 0.1) is 24.1 Å². The number of aromatic nitrogens is 1. The maximum absolute atomic E-state index is 12.5. The van der Waals surface area contributed by atoms with Gasteiger partial charge in [-0.05, 0) is 25.0 Å². The summed E-state index contributed by atoms with van der Waals surface area (Å²) in [7, 11) is 3.29. The van der Waals surface area contributed by atoms with Crippen LogP contribution in [0.2, 0.25) is 0 Å². The van der Waals surface area contributed by atoms with Gasteiger partial charge in [-0.15, -0.1) is 0 Å². The summed E-state index contributed by atoms with van der Waals surface area (Å²) in [5, 5.41) is 15.9. The smallest absolute Gasteiger partial charge is 0.255 e. The maximum atomic E-state index is 12.5. The van der Waals surface area contributed by atoms with E-state index >= 15 is 0 Å². The maximum Gasteiger partial charge on any atom is 0.255 e. The summed E-state index contributed by atoms with van der Waals surface area (Å²) >= 11 is 0. The van der Waals surface area contributed by atoms with Crippen molar-refractivity contribution >= 4 is 17.6 Å². The number of amides is 2. The fourth-order valence-corrected chi connectivity index (χ4v) is 2.67. The third-order valence-electron chi connectivity index (χ3n) is 3.88. The first-order chi connectivity index (χ1) is 10.5. The van der Waals surface area contributed by atoms with Gasteiger partial charge in [0.2, 0.25) is 5.91 Å². The lowest BCUT2D eigenvalue weighted by molar-refractivity contribution is -0.127. The molecule has 2 heterocycles. The van der Waals surface area contributed by atoms with E-state index in [1.54, 1.807) is 24.1 Å². The van der Waals surface area contributed by atoms with Crippen LogP contribution in [0.3, 0.4) is 0 Å². The number of carbonyl (C=O) groups is 2. The minimum absolute atomic E-state index is 0.00419. The van der Waals surface area contributed by atoms with Crippen molar-refractivity contribution in [1.82, 2.24) is 15.2 Å². The summed E-state index contributed by atoms with van der Waals surface area (Å²) in [4.78, 5) is 29.7. The van der Waals surface area contributed by atoms with Gasteiger partial charge in [-0.1, -0.05) is 0 Å². The van der Waals surface area contributed by atoms with Gasteiger partial charge in [0.1, 0.15) is 5.82 Å². The molecule has 7 nitrogen and oxygen atoms in total. The van der Waals surface area contributed by atoms with Crippen molar-refractivity contribution < 1.29 is 14.7 Å². The Morgan fingerprint density at radius 1 is 1.41 bits per heavy atom. The average Bonchev–Trinajstić information content (AvgIpc) is 2.53. The van der Waals surface area contributed by atoms with Crippen molar-refractivity contribution in [1.29, 1.82) is 0 Å². The van der Waals surface area contributed by atoms with E-state index < -0.39 is 5.60 Å². The highest BCUT2D eigenvalue weighted by atomic mass is 16.3. The first kappa shape index (κ1) is 16.2. The van der Waals surface area contributed by atoms with Crippen LogP contribution in [0.15, 0.2) is 18.3 Å². The number of piperidine rings is 1. The first-order valence-corrected chi connectivity index (χ1v) is 7.33. The predicted octanol–water partition coefficient (Wildman–Crippen LogP) is 0.226. The van der Waals surface area contributed by atoms with Gasteiger partial charge in [0, 0.05) is 26.8 Å². The molecule has 1 aliphatic heterocycles. The Bertz CT molecular complexity index is 546. The molecule has 0 bridgehead atoms. The fourth-order valence-electron chi connectivity index (χ4n) is 2.67. The zero-order valence-electron chi connectivity index (χ0n) is 12.9. The highest BCUT2D eigenvalue weighted by molar-refractivity contribution is 5.94. The van der Waals surface area contributed by atoms with Crippen molar-refractivity contribution in [3.05, 3.63) is 23.9 Å². The number of pyridine rings is 1. The van der Waals surface area contributed by atoms with E-state index in [4.69, 9.17) is 0 Å². The topological polar surface area (TPSA) is 94.6 Å². The van der Waals surface area contributed by atoms with Gasteiger partial charge in [-0.2, -0.15) is 0 Å². The molecule has 0 aliphatic carbocycles. The molecule has 120 valence electrons. The lowest BCUT2D eigenvalue weighted by atomic mass is 9.89. The van der Waals surface area contributed by atoms with Crippen LogP contribution < -0.4 is 10.6 Å². The quantitative estimate of drug-likeness (QED) is 0.740. The third kappa shape index (κ3) is 3.73. The summed E-state index contributed by atoms with van der Waals surface area (Å²) in [5.74, 6) is 0.285. The molecule has 22 heavy (non-hydrogen) atoms. The Morgan fingerprint density at radius 2 is 2.18 bits per heavy atom. The Morgan fingerprint density at radius 3 is 2.77 bits per heavy atom. The number of aliphatic hydroxyl groups is 1. The number of hydrogen-bond donors (Lipinski definition) is 3. The van der Waals surface area contributed by atoms with Crippen molar-refractivity contribution in [2.75, 3.05) is 32.5 Å². The summed E-state index contributed by atoms with van der Waals surface area (Å²) in [6.45, 7) is 0.732. The normalized spacial score (nSPS) is 21.3. The largest absolute Gasteiger partial charge is 0.388 e. The second-order valence-electron chi connectivity index (χ2n) is 5.59. The number of nitrogens with one attached hydrogen (secondary N) is 2. The van der Waals surface area contributed by atoms with Crippen molar-refractivity contribution in [2.24, 2.45) is 0 Å². The zero-order valence-corrected chi connectivity index (χ0v) is 12.9. The third-order valence-corrected chi connectivity index (χ3v) is 3.88. The Labute approximate surface area is 129 Å². The number of hydrogen-bond acceptors (Lipinski definition) is 5. The number of β-amino-alcohol motifs (C(OH)–C–C–N with tert-alkyl or cyclic N) is 1. The monoisotopic (exact) mass is 306 g/mol. The molecule has 1 unspecified atom stereocenters. The second kappa shape index (κ2) is 6.74. The molecule has 2 rings (SSSR count). The minimum atomic E-state index is -1.16. The van der Waals surface area contributed by atoms with Crippen LogP contribution in [0.5, 0.6) is 0 Å². The molecule has 1 saturated heterocycles. The molecule has 1 aliphatic rings. The van der Waals surface area contributed by atoms with Crippen LogP contribution in [0.1, 0.15) is 29.6 Å². The molecule has 1 aromatic rings. The van der Waals surface area contributed by atoms with Gasteiger partial charge < -0.3 is 20.6 Å². The van der Waals surface area contributed by atoms with Crippen LogP contribution in [-0.4, -0.2) is 59.6 Å². The van der Waals surface area contributed by atoms with E-state index in [0.29, 0.717) is 30.8 Å². The van der Waals surface area contributed by atoms with Gasteiger partial charge >= 0.3 is 0 Å². The van der Waals surface area contributed by atoms with Crippen LogP contribution in [-0.2, 0) is 4.79 Å². The number of rotatable bonds is 4. The summed E-state index contributed by atoms with van der Waals surface area (Å²) < 4.78 is 0. The van der Waals surface area contributed by atoms with Crippen LogP contribution in [0, 0.1) is 0 Å². The molecular formula is C15H22N4O3. The lowest BCUT2D eigenvalue weighted by Crippen LogP contribution is -2.52. The molecule has 1 aromatic heterocycles. The van der Waals surface area contributed by atoms with Gasteiger partial charge in [0.25, 0.3) is 5.91 Å². The number of nitrogens with zero attached hydrogens (tertiary/aromatic N) is 2. The highest BCUT2D eigenvalue weighted by Gasteiger charge is 2.37. The Balaban J connectivity index is 2.07. The molecule has 3 N–H and O–H groups in total. The van der Waals surface area contributed by atoms with E-state index in [-0.39, 0.29) is 24.8 Å². The van der Waals surface area contributed by atoms with Crippen molar-refractivity contribution in [3.8, 4) is 0 Å². The average molecular weight is 306 g/mol. The van der Waals surface area contributed by atoms with Crippen molar-refractivity contribution in [3.63, 3.8) is 0 Å². The molecule has 2 amide bonds. The molecule has 1 fully saturated rings. The number of carbonyl (C=O) groups excluding carboxylic acids is 2. The summed E-state index contributed by atoms with van der Waals surface area (Å²) in [5.41, 5.74) is -0.685. The van der Waals surface area contributed by atoms with Crippen LogP contribution >= 0.6 is 0 Å². The summed E-state index contributed by atoms with van der Waals surface area (Å²) in [6, 6.07) is 3.43. The van der Waals surface area contributed by atoms with Gasteiger partial charge in [-0.3, -0.25) is 9.59 Å². The van der Waals surface area contributed by atoms with E-state index in [0.717, 1.165) is 0 Å². The number of anilines is 1. The van der Waals surface area contributed by atoms with Gasteiger partial charge in [0.15, 0.2) is 0 Å². The Kier molecular flexibility index (Phi) is 4.97. The zero-order chi connectivity index (χ0) is 16.2. The number of likely N-dealkylation sites (tertiary alicyclic amines) is 1. The predicted molar refractivity (Wildman–Crippen MR) is 82.6 cm³/mol. The van der Waals surface area contributed by atoms with E-state index in [9.17, 15) is 14.7 Å². The Hall–Kier alpha value is -2.15. The van der Waals surface area contributed by atoms with Gasteiger partial charge in [-0.25, -0.2) is 4.98 Å². The van der Waals surface area contributed by atoms with Crippen molar-refractivity contribution in [2.45, 2.75) is 24.9 Å². The molecule has 0 aromatic carbocycles. The lowest BCUT2D eigenvalue weighted by Gasteiger charge is -2.38. The fraction of sp³-hybridized carbons (Fsp3) is 0.533. The molecule has 7 heteroatoms. The molecule has 0 radical (unpaired) electrons. The molecule has 1 atom stereocenters. The second-order valence-corrected chi connectivity index (χ2v) is 5.59. The van der Waals surface area contributed by atoms with Crippen LogP contribution in [0.4, 0.5) is 5.82 Å². The standard InChI is InChI=1S/C15H22N4O3/c1-16-12-5-4-11(9-18-12)14(21)19-7-3-6-15(22,10-19)8-13(20)17-2/h4-5,9,22H,3,6-8,10H2,1-2H3,(H,16,18)(H,17,20). The SMILES string of the molecule is CNC(=O)CC1(O)CCCN(C(=O)c2ccc(NC)nc2)C1. The highest BCUT2D eigenvalue weighted by Crippen LogP contribution is 2.25. The first-order valence-electron chi connectivity index (χ1n) is 7.33. The van der Waals surface area contributed by atoms with E-state index in [2.05, 4.69) is 15.6 Å². The molecular weight excluding hydrogens is 284 g/mol.